The third-order valence-electron chi connectivity index (χ3n) is 7.37. The molecule has 0 N–H and O–H groups in total. The number of pyridine rings is 1. The van der Waals surface area contributed by atoms with Crippen molar-refractivity contribution >= 4 is 36.0 Å². The summed E-state index contributed by atoms with van der Waals surface area (Å²) < 4.78 is 8.06. The van der Waals surface area contributed by atoms with Crippen LogP contribution < -0.4 is 4.90 Å². The van der Waals surface area contributed by atoms with E-state index in [-0.39, 0.29) is 0 Å². The van der Waals surface area contributed by atoms with E-state index in [0.29, 0.717) is 6.73 Å². The van der Waals surface area contributed by atoms with Crippen molar-refractivity contribution in [2.24, 2.45) is 0 Å². The average molecular weight is 523 g/mol. The minimum atomic E-state index is -1.12. The molecule has 0 fully saturated rings. The molecule has 5 aromatic rings. The topological polar surface area (TPSA) is 69.0 Å². The Kier molecular flexibility index (Phi) is 6.45. The second kappa shape index (κ2) is 9.92. The number of rotatable bonds is 7. The van der Waals surface area contributed by atoms with Crippen LogP contribution in [0.5, 0.6) is 0 Å². The Bertz CT molecular complexity index is 1620. The number of benzene rings is 2. The molecule has 0 unspecified atom stereocenters. The Balaban J connectivity index is 1.29. The normalized spacial score (nSPS) is 13.8. The van der Waals surface area contributed by atoms with Crippen LogP contribution in [0.25, 0.3) is 33.2 Å². The maximum absolute atomic E-state index is 6.00. The highest BCUT2D eigenvalue weighted by Crippen LogP contribution is 2.32. The molecule has 0 atom stereocenters. The number of ether oxygens (including phenoxy) is 1. The molecule has 0 aliphatic carbocycles. The predicted octanol–water partition coefficient (Wildman–Crippen LogP) is 6.22. The highest BCUT2D eigenvalue weighted by molar-refractivity contribution is 6.76. The molecule has 0 radical (unpaired) electrons. The molecule has 8 heteroatoms. The van der Waals surface area contributed by atoms with Gasteiger partial charge in [-0.2, -0.15) is 0 Å². The van der Waals surface area contributed by atoms with Crippen LogP contribution in [0.1, 0.15) is 17.0 Å². The molecule has 6 rings (SSSR count). The predicted molar refractivity (Wildman–Crippen MR) is 156 cm³/mol. The lowest BCUT2D eigenvalue weighted by Crippen LogP contribution is -2.31. The van der Waals surface area contributed by atoms with Gasteiger partial charge in [-0.05, 0) is 54.3 Å². The van der Waals surface area contributed by atoms with Crippen LogP contribution in [-0.4, -0.2) is 45.7 Å². The van der Waals surface area contributed by atoms with E-state index in [2.05, 4.69) is 82.6 Å². The Hall–Kier alpha value is -3.62. The van der Waals surface area contributed by atoms with E-state index in [1.165, 1.54) is 11.1 Å². The number of aryl methyl sites for hydroxylation is 1. The average Bonchev–Trinajstić information content (AvgIpc) is 3.23. The van der Waals surface area contributed by atoms with E-state index >= 15 is 0 Å². The van der Waals surface area contributed by atoms with Crippen molar-refractivity contribution in [2.75, 3.05) is 18.1 Å². The van der Waals surface area contributed by atoms with Gasteiger partial charge in [0, 0.05) is 44.9 Å². The Morgan fingerprint density at radius 2 is 1.76 bits per heavy atom. The second-order valence-corrected chi connectivity index (χ2v) is 17.0. The minimum absolute atomic E-state index is 0.481. The standard InChI is InChI=1S/C30H34N6OSi/c1-21-34-28-16-25(17-31-30(28)36(21)20-37-13-14-38(2,3)4)23-9-10-27-26(15-23)29(33-19-32-27)35-12-11-22-7-5-6-8-24(22)18-35/h5-10,15-17,19H,11-14,18,20H2,1-4H3. The molecule has 38 heavy (non-hydrogen) atoms. The number of hydrogen-bond acceptors (Lipinski definition) is 6. The maximum Gasteiger partial charge on any atom is 0.161 e. The Labute approximate surface area is 224 Å². The van der Waals surface area contributed by atoms with Crippen molar-refractivity contribution in [3.63, 3.8) is 0 Å². The second-order valence-electron chi connectivity index (χ2n) is 11.4. The number of imidazole rings is 1. The first-order chi connectivity index (χ1) is 18.4. The molecule has 4 heterocycles. The molecule has 194 valence electrons. The first-order valence-corrected chi connectivity index (χ1v) is 17.0. The van der Waals surface area contributed by atoms with Gasteiger partial charge >= 0.3 is 0 Å². The fourth-order valence-electron chi connectivity index (χ4n) is 5.12. The minimum Gasteiger partial charge on any atom is -0.361 e. The van der Waals surface area contributed by atoms with Crippen LogP contribution in [0.15, 0.2) is 61.1 Å². The summed E-state index contributed by atoms with van der Waals surface area (Å²) in [5, 5.41) is 1.06. The highest BCUT2D eigenvalue weighted by atomic mass is 28.3. The number of fused-ring (bicyclic) bond motifs is 3. The van der Waals surface area contributed by atoms with Gasteiger partial charge in [-0.15, -0.1) is 0 Å². The summed E-state index contributed by atoms with van der Waals surface area (Å²) in [7, 11) is -1.12. The fraction of sp³-hybridized carbons (Fsp3) is 0.333. The summed E-state index contributed by atoms with van der Waals surface area (Å²) in [6, 6.07) is 18.3. The number of nitrogens with zero attached hydrogens (tertiary/aromatic N) is 6. The van der Waals surface area contributed by atoms with Gasteiger partial charge in [0.05, 0.1) is 5.52 Å². The lowest BCUT2D eigenvalue weighted by molar-refractivity contribution is 0.0881. The fourth-order valence-corrected chi connectivity index (χ4v) is 5.88. The quantitative estimate of drug-likeness (QED) is 0.187. The molecule has 0 amide bonds. The summed E-state index contributed by atoms with van der Waals surface area (Å²) in [6.07, 6.45) is 4.63. The first kappa shape index (κ1) is 24.7. The molecule has 3 aromatic heterocycles. The molecule has 2 aromatic carbocycles. The van der Waals surface area contributed by atoms with Crippen LogP contribution in [0.3, 0.4) is 0 Å². The van der Waals surface area contributed by atoms with Gasteiger partial charge in [0.2, 0.25) is 0 Å². The summed E-state index contributed by atoms with van der Waals surface area (Å²) in [4.78, 5) is 21.3. The lowest BCUT2D eigenvalue weighted by Gasteiger charge is -2.30. The van der Waals surface area contributed by atoms with Gasteiger partial charge in [-0.1, -0.05) is 50.0 Å². The van der Waals surface area contributed by atoms with Crippen LogP contribution in [0, 0.1) is 6.92 Å². The van der Waals surface area contributed by atoms with Crippen molar-refractivity contribution in [3.05, 3.63) is 78.0 Å². The Morgan fingerprint density at radius 3 is 2.61 bits per heavy atom. The van der Waals surface area contributed by atoms with Crippen LogP contribution in [0.4, 0.5) is 5.82 Å². The molecule has 1 aliphatic heterocycles. The number of anilines is 1. The van der Waals surface area contributed by atoms with E-state index in [1.54, 1.807) is 6.33 Å². The van der Waals surface area contributed by atoms with Gasteiger partial charge in [0.1, 0.15) is 30.2 Å². The van der Waals surface area contributed by atoms with Crippen molar-refractivity contribution < 1.29 is 4.74 Å². The summed E-state index contributed by atoms with van der Waals surface area (Å²) in [5.41, 5.74) is 7.59. The smallest absolute Gasteiger partial charge is 0.161 e. The van der Waals surface area contributed by atoms with Crippen LogP contribution in [-0.2, 0) is 24.4 Å². The summed E-state index contributed by atoms with van der Waals surface area (Å²) in [5.74, 6) is 1.90. The maximum atomic E-state index is 6.00. The molecule has 7 nitrogen and oxygen atoms in total. The van der Waals surface area contributed by atoms with E-state index in [1.807, 2.05) is 13.1 Å². The third-order valence-corrected chi connectivity index (χ3v) is 9.07. The van der Waals surface area contributed by atoms with E-state index in [0.717, 1.165) is 77.0 Å². The molecule has 0 saturated carbocycles. The van der Waals surface area contributed by atoms with E-state index < -0.39 is 8.07 Å². The van der Waals surface area contributed by atoms with Gasteiger partial charge in [-0.3, -0.25) is 4.57 Å². The molecule has 1 aliphatic rings. The highest BCUT2D eigenvalue weighted by Gasteiger charge is 2.20. The summed E-state index contributed by atoms with van der Waals surface area (Å²) >= 11 is 0. The van der Waals surface area contributed by atoms with Crippen molar-refractivity contribution in [1.82, 2.24) is 24.5 Å². The van der Waals surface area contributed by atoms with Gasteiger partial charge in [0.25, 0.3) is 0 Å². The van der Waals surface area contributed by atoms with E-state index in [9.17, 15) is 0 Å². The largest absolute Gasteiger partial charge is 0.361 e. The summed E-state index contributed by atoms with van der Waals surface area (Å²) in [6.45, 7) is 12.2. The Morgan fingerprint density at radius 1 is 0.921 bits per heavy atom. The molecule has 0 bridgehead atoms. The van der Waals surface area contributed by atoms with Crippen molar-refractivity contribution in [1.29, 1.82) is 0 Å². The van der Waals surface area contributed by atoms with Gasteiger partial charge in [0.15, 0.2) is 5.65 Å². The number of hydrogen-bond donors (Lipinski definition) is 0. The zero-order valence-electron chi connectivity index (χ0n) is 22.6. The SMILES string of the molecule is Cc1nc2cc(-c3ccc4ncnc(N5CCc6ccccc6C5)c4c3)cnc2n1COCC[Si](C)(C)C. The third kappa shape index (κ3) is 4.93. The van der Waals surface area contributed by atoms with Crippen molar-refractivity contribution in [2.45, 2.75) is 52.3 Å². The van der Waals surface area contributed by atoms with Crippen LogP contribution >= 0.6 is 0 Å². The zero-order valence-corrected chi connectivity index (χ0v) is 23.6. The molecule has 0 saturated heterocycles. The molecule has 0 spiro atoms. The number of aromatic nitrogens is 5. The van der Waals surface area contributed by atoms with Gasteiger partial charge < -0.3 is 9.64 Å². The van der Waals surface area contributed by atoms with Crippen molar-refractivity contribution in [3.8, 4) is 11.1 Å². The van der Waals surface area contributed by atoms with E-state index in [4.69, 9.17) is 19.7 Å². The lowest BCUT2D eigenvalue weighted by atomic mass is 9.99. The zero-order chi connectivity index (χ0) is 26.3. The molecular weight excluding hydrogens is 488 g/mol. The monoisotopic (exact) mass is 522 g/mol. The van der Waals surface area contributed by atoms with Gasteiger partial charge in [-0.25, -0.2) is 19.9 Å². The van der Waals surface area contributed by atoms with Crippen LogP contribution in [0.2, 0.25) is 25.7 Å². The molecular formula is C30H34N6OSi. The first-order valence-electron chi connectivity index (χ1n) is 13.3.